The summed E-state index contributed by atoms with van der Waals surface area (Å²) in [4.78, 5) is 0. The fraction of sp³-hybridized carbons (Fsp3) is 0.714. The Balaban J connectivity index is 3.21. The van der Waals surface area contributed by atoms with Gasteiger partial charge in [-0.3, -0.25) is 0 Å². The van der Waals surface area contributed by atoms with E-state index >= 15 is 0 Å². The predicted octanol–water partition coefficient (Wildman–Crippen LogP) is 3.37. The lowest BCUT2D eigenvalue weighted by atomic mass is 10.2. The van der Waals surface area contributed by atoms with Crippen LogP contribution in [0.1, 0.15) is 46.5 Å². The molecule has 0 saturated heterocycles. The van der Waals surface area contributed by atoms with Gasteiger partial charge in [0.2, 0.25) is 0 Å². The molecule has 0 amide bonds. The van der Waals surface area contributed by atoms with Crippen LogP contribution in [-0.4, -0.2) is 13.1 Å². The largest absolute Gasteiger partial charge is 0.316 e. The van der Waals surface area contributed by atoms with Gasteiger partial charge in [-0.2, -0.15) is 0 Å². The molecule has 0 aliphatic rings. The zero-order valence-electron chi connectivity index (χ0n) is 10.5. The van der Waals surface area contributed by atoms with Crippen molar-refractivity contribution in [2.45, 2.75) is 46.5 Å². The van der Waals surface area contributed by atoms with Crippen LogP contribution < -0.4 is 5.32 Å². The summed E-state index contributed by atoms with van der Waals surface area (Å²) in [6, 6.07) is 0. The van der Waals surface area contributed by atoms with E-state index in [0.29, 0.717) is 0 Å². The van der Waals surface area contributed by atoms with Crippen LogP contribution in [0.3, 0.4) is 0 Å². The number of unbranched alkanes of at least 4 members (excludes halogenated alkanes) is 2. The fourth-order valence-electron chi connectivity index (χ4n) is 1.13. The van der Waals surface area contributed by atoms with Crippen LogP contribution >= 0.6 is 0 Å². The first kappa shape index (κ1) is 14.3. The Morgan fingerprint density at radius 2 is 2.13 bits per heavy atom. The van der Waals surface area contributed by atoms with Crippen LogP contribution in [0.5, 0.6) is 0 Å². The Morgan fingerprint density at radius 3 is 2.80 bits per heavy atom. The highest BCUT2D eigenvalue weighted by molar-refractivity contribution is 5.14. The molecule has 0 radical (unpaired) electrons. The summed E-state index contributed by atoms with van der Waals surface area (Å²) in [6.45, 7) is 8.86. The lowest BCUT2D eigenvalue weighted by molar-refractivity contribution is 0.544. The van der Waals surface area contributed by atoms with Crippen LogP contribution in [0.25, 0.3) is 0 Å². The second-order valence-corrected chi connectivity index (χ2v) is 4.21. The quantitative estimate of drug-likeness (QED) is 0.498. The van der Waals surface area contributed by atoms with E-state index in [0.717, 1.165) is 38.3 Å². The summed E-state index contributed by atoms with van der Waals surface area (Å²) >= 11 is 0. The maximum Gasteiger partial charge on any atom is 0.00896 e. The van der Waals surface area contributed by atoms with Crippen LogP contribution in [0.15, 0.2) is 12.2 Å². The van der Waals surface area contributed by atoms with E-state index in [1.54, 1.807) is 0 Å². The highest BCUT2D eigenvalue weighted by atomic mass is 14.8. The van der Waals surface area contributed by atoms with E-state index in [-0.39, 0.29) is 0 Å². The number of hydrogen-bond acceptors (Lipinski definition) is 1. The van der Waals surface area contributed by atoms with Crippen molar-refractivity contribution < 1.29 is 0 Å². The first-order valence-corrected chi connectivity index (χ1v) is 6.11. The Morgan fingerprint density at radius 1 is 1.33 bits per heavy atom. The van der Waals surface area contributed by atoms with Gasteiger partial charge in [0.25, 0.3) is 0 Å². The first-order chi connectivity index (χ1) is 7.27. The maximum absolute atomic E-state index is 3.43. The molecule has 0 aromatic carbocycles. The van der Waals surface area contributed by atoms with Crippen LogP contribution in [0, 0.1) is 17.8 Å². The summed E-state index contributed by atoms with van der Waals surface area (Å²) in [7, 11) is 0. The molecule has 0 heterocycles. The third-order valence-corrected chi connectivity index (χ3v) is 1.96. The average molecular weight is 207 g/mol. The van der Waals surface area contributed by atoms with Gasteiger partial charge in [0.05, 0.1) is 0 Å². The molecule has 0 aromatic rings. The third kappa shape index (κ3) is 13.3. The van der Waals surface area contributed by atoms with E-state index in [1.807, 2.05) is 6.08 Å². The SMILES string of the molecule is CCCC#C/C=C/CCCNCC(C)C. The van der Waals surface area contributed by atoms with Crippen molar-refractivity contribution >= 4 is 0 Å². The maximum atomic E-state index is 3.43. The molecule has 0 saturated carbocycles. The Labute approximate surface area is 95.3 Å². The minimum absolute atomic E-state index is 0.750. The molecule has 1 nitrogen and oxygen atoms in total. The van der Waals surface area contributed by atoms with Crippen LogP contribution in [0.2, 0.25) is 0 Å². The van der Waals surface area contributed by atoms with E-state index in [4.69, 9.17) is 0 Å². The van der Waals surface area contributed by atoms with Crippen molar-refractivity contribution in [1.29, 1.82) is 0 Å². The molecule has 0 aliphatic carbocycles. The zero-order valence-corrected chi connectivity index (χ0v) is 10.5. The van der Waals surface area contributed by atoms with Crippen molar-refractivity contribution in [3.8, 4) is 11.8 Å². The number of nitrogens with one attached hydrogen (secondary N) is 1. The summed E-state index contributed by atoms with van der Waals surface area (Å²) in [5, 5.41) is 3.43. The Kier molecular flexibility index (Phi) is 10.8. The zero-order chi connectivity index (χ0) is 11.4. The van der Waals surface area contributed by atoms with Crippen LogP contribution in [0.4, 0.5) is 0 Å². The minimum atomic E-state index is 0.750. The van der Waals surface area contributed by atoms with E-state index in [1.165, 1.54) is 6.42 Å². The van der Waals surface area contributed by atoms with Crippen molar-refractivity contribution in [2.24, 2.45) is 5.92 Å². The lowest BCUT2D eigenvalue weighted by Gasteiger charge is -2.05. The van der Waals surface area contributed by atoms with Crippen LogP contribution in [-0.2, 0) is 0 Å². The smallest absolute Gasteiger partial charge is 0.00896 e. The Bertz CT molecular complexity index is 205. The highest BCUT2D eigenvalue weighted by Crippen LogP contribution is 1.91. The molecule has 15 heavy (non-hydrogen) atoms. The van der Waals surface area contributed by atoms with Crippen molar-refractivity contribution in [2.75, 3.05) is 13.1 Å². The standard InChI is InChI=1S/C14H25N/c1-4-5-6-7-8-9-10-11-12-15-13-14(2)3/h8-9,14-15H,4-5,10-13H2,1-3H3/b9-8+. The number of allylic oxidation sites excluding steroid dienone is 2. The summed E-state index contributed by atoms with van der Waals surface area (Å²) < 4.78 is 0. The second kappa shape index (κ2) is 11.3. The molecule has 0 unspecified atom stereocenters. The molecular weight excluding hydrogens is 182 g/mol. The fourth-order valence-corrected chi connectivity index (χ4v) is 1.13. The molecular formula is C14H25N. The van der Waals surface area contributed by atoms with Crippen molar-refractivity contribution in [1.82, 2.24) is 5.32 Å². The van der Waals surface area contributed by atoms with Gasteiger partial charge in [-0.15, -0.1) is 0 Å². The highest BCUT2D eigenvalue weighted by Gasteiger charge is 1.90. The third-order valence-electron chi connectivity index (χ3n) is 1.96. The molecule has 0 rings (SSSR count). The Hall–Kier alpha value is -0.740. The molecule has 86 valence electrons. The summed E-state index contributed by atoms with van der Waals surface area (Å²) in [5.41, 5.74) is 0. The monoisotopic (exact) mass is 207 g/mol. The van der Waals surface area contributed by atoms with Gasteiger partial charge >= 0.3 is 0 Å². The first-order valence-electron chi connectivity index (χ1n) is 6.11. The average Bonchev–Trinajstić information content (AvgIpc) is 2.20. The van der Waals surface area contributed by atoms with E-state index in [2.05, 4.69) is 44.0 Å². The predicted molar refractivity (Wildman–Crippen MR) is 68.8 cm³/mol. The normalized spacial score (nSPS) is 10.7. The minimum Gasteiger partial charge on any atom is -0.316 e. The lowest BCUT2D eigenvalue weighted by Crippen LogP contribution is -2.20. The number of rotatable bonds is 7. The molecule has 0 atom stereocenters. The van der Waals surface area contributed by atoms with Crippen molar-refractivity contribution in [3.63, 3.8) is 0 Å². The summed E-state index contributed by atoms with van der Waals surface area (Å²) in [6.07, 6.45) is 8.66. The molecule has 0 spiro atoms. The molecule has 0 fully saturated rings. The topological polar surface area (TPSA) is 12.0 Å². The van der Waals surface area contributed by atoms with Gasteiger partial charge in [-0.05, 0) is 44.3 Å². The van der Waals surface area contributed by atoms with Gasteiger partial charge in [0, 0.05) is 6.42 Å². The van der Waals surface area contributed by atoms with Crippen molar-refractivity contribution in [3.05, 3.63) is 12.2 Å². The van der Waals surface area contributed by atoms with E-state index in [9.17, 15) is 0 Å². The molecule has 0 aliphatic heterocycles. The molecule has 0 bridgehead atoms. The molecule has 1 N–H and O–H groups in total. The second-order valence-electron chi connectivity index (χ2n) is 4.21. The molecule has 0 aromatic heterocycles. The van der Waals surface area contributed by atoms with E-state index < -0.39 is 0 Å². The van der Waals surface area contributed by atoms with Gasteiger partial charge in [0.1, 0.15) is 0 Å². The molecule has 1 heteroatoms. The van der Waals surface area contributed by atoms with Gasteiger partial charge in [-0.25, -0.2) is 0 Å². The van der Waals surface area contributed by atoms with Gasteiger partial charge in [-0.1, -0.05) is 38.7 Å². The van der Waals surface area contributed by atoms with Gasteiger partial charge < -0.3 is 5.32 Å². The number of hydrogen-bond donors (Lipinski definition) is 1. The summed E-state index contributed by atoms with van der Waals surface area (Å²) in [5.74, 6) is 6.89. The van der Waals surface area contributed by atoms with Gasteiger partial charge in [0.15, 0.2) is 0 Å².